The zero-order chi connectivity index (χ0) is 15.6. The van der Waals surface area contributed by atoms with E-state index in [-0.39, 0.29) is 5.41 Å². The summed E-state index contributed by atoms with van der Waals surface area (Å²) in [5.41, 5.74) is 4.82. The van der Waals surface area contributed by atoms with E-state index in [1.807, 2.05) is 18.2 Å². The lowest BCUT2D eigenvalue weighted by molar-refractivity contribution is 0.473. The van der Waals surface area contributed by atoms with Gasteiger partial charge in [-0.25, -0.2) is 0 Å². The van der Waals surface area contributed by atoms with E-state index in [0.717, 1.165) is 22.6 Å². The number of aryl methyl sites for hydroxylation is 2. The molecule has 112 valence electrons. The topological polar surface area (TPSA) is 9.23 Å². The Bertz CT molecular complexity index is 638. The Hall–Kier alpha value is -1.47. The van der Waals surface area contributed by atoms with Crippen molar-refractivity contribution in [3.8, 4) is 11.5 Å². The van der Waals surface area contributed by atoms with Crippen LogP contribution in [0.2, 0.25) is 0 Å². The van der Waals surface area contributed by atoms with Crippen LogP contribution in [0.1, 0.15) is 43.0 Å². The predicted octanol–water partition coefficient (Wildman–Crippen LogP) is 6.13. The fourth-order valence-corrected chi connectivity index (χ4v) is 2.47. The number of benzene rings is 2. The lowest BCUT2D eigenvalue weighted by Gasteiger charge is -2.21. The molecule has 0 N–H and O–H groups in total. The molecule has 0 radical (unpaired) electrons. The Morgan fingerprint density at radius 2 is 1.62 bits per heavy atom. The lowest BCUT2D eigenvalue weighted by Crippen LogP contribution is -2.11. The minimum absolute atomic E-state index is 0.147. The number of hydrogen-bond acceptors (Lipinski definition) is 1. The Kier molecular flexibility index (Phi) is 4.63. The van der Waals surface area contributed by atoms with Crippen molar-refractivity contribution < 1.29 is 4.74 Å². The van der Waals surface area contributed by atoms with E-state index < -0.39 is 0 Å². The third-order valence-electron chi connectivity index (χ3n) is 3.62. The predicted molar refractivity (Wildman–Crippen MR) is 90.7 cm³/mol. The highest BCUT2D eigenvalue weighted by Gasteiger charge is 2.15. The summed E-state index contributed by atoms with van der Waals surface area (Å²) in [6, 6.07) is 12.5. The number of ether oxygens (including phenoxy) is 1. The first-order valence-electron chi connectivity index (χ1n) is 7.26. The number of halogens is 1. The first-order chi connectivity index (χ1) is 9.81. The molecule has 0 amide bonds. The Labute approximate surface area is 132 Å². The van der Waals surface area contributed by atoms with Gasteiger partial charge in [0.1, 0.15) is 11.5 Å². The van der Waals surface area contributed by atoms with E-state index in [4.69, 9.17) is 16.3 Å². The molecule has 0 spiro atoms. The molecular weight excluding hydrogens is 280 g/mol. The van der Waals surface area contributed by atoms with Crippen LogP contribution in [-0.4, -0.2) is 0 Å². The summed E-state index contributed by atoms with van der Waals surface area (Å²) in [7, 11) is 0. The average Bonchev–Trinajstić information content (AvgIpc) is 2.41. The lowest BCUT2D eigenvalue weighted by atomic mass is 9.86. The van der Waals surface area contributed by atoms with Crippen LogP contribution in [0.15, 0.2) is 36.4 Å². The van der Waals surface area contributed by atoms with E-state index in [2.05, 4.69) is 52.8 Å². The second-order valence-electron chi connectivity index (χ2n) is 6.58. The van der Waals surface area contributed by atoms with Crippen LogP contribution in [-0.2, 0) is 11.3 Å². The van der Waals surface area contributed by atoms with Gasteiger partial charge in [0, 0.05) is 5.56 Å². The summed E-state index contributed by atoms with van der Waals surface area (Å²) in [4.78, 5) is 0. The first-order valence-corrected chi connectivity index (χ1v) is 7.79. The number of hydrogen-bond donors (Lipinski definition) is 0. The molecule has 2 aromatic carbocycles. The van der Waals surface area contributed by atoms with E-state index in [0.29, 0.717) is 5.88 Å². The molecule has 0 fully saturated rings. The van der Waals surface area contributed by atoms with Crippen LogP contribution in [0.5, 0.6) is 11.5 Å². The second-order valence-corrected chi connectivity index (χ2v) is 6.84. The molecule has 2 aromatic rings. The van der Waals surface area contributed by atoms with Gasteiger partial charge in [-0.3, -0.25) is 0 Å². The van der Waals surface area contributed by atoms with Gasteiger partial charge in [-0.1, -0.05) is 50.6 Å². The Morgan fingerprint density at radius 1 is 0.952 bits per heavy atom. The Morgan fingerprint density at radius 3 is 2.19 bits per heavy atom. The molecule has 0 atom stereocenters. The van der Waals surface area contributed by atoms with Gasteiger partial charge >= 0.3 is 0 Å². The molecular formula is C19H23ClO. The highest BCUT2D eigenvalue weighted by Crippen LogP contribution is 2.32. The molecule has 0 bridgehead atoms. The zero-order valence-electron chi connectivity index (χ0n) is 13.5. The molecule has 0 aromatic heterocycles. The highest BCUT2D eigenvalue weighted by molar-refractivity contribution is 6.17. The summed E-state index contributed by atoms with van der Waals surface area (Å²) < 4.78 is 6.07. The van der Waals surface area contributed by atoms with Gasteiger partial charge in [0.05, 0.1) is 5.88 Å². The molecule has 21 heavy (non-hydrogen) atoms. The van der Waals surface area contributed by atoms with Crippen molar-refractivity contribution in [2.45, 2.75) is 45.9 Å². The van der Waals surface area contributed by atoms with E-state index in [9.17, 15) is 0 Å². The van der Waals surface area contributed by atoms with Crippen molar-refractivity contribution in [2.75, 3.05) is 0 Å². The molecule has 0 saturated heterocycles. The molecule has 0 unspecified atom stereocenters. The molecule has 0 aliphatic heterocycles. The van der Waals surface area contributed by atoms with Gasteiger partial charge in [-0.05, 0) is 42.5 Å². The van der Waals surface area contributed by atoms with Crippen LogP contribution in [0.4, 0.5) is 0 Å². The van der Waals surface area contributed by atoms with Gasteiger partial charge in [-0.2, -0.15) is 0 Å². The normalized spacial score (nSPS) is 11.5. The Balaban J connectivity index is 2.32. The molecule has 0 aliphatic carbocycles. The minimum atomic E-state index is 0.147. The summed E-state index contributed by atoms with van der Waals surface area (Å²) >= 11 is 6.02. The van der Waals surface area contributed by atoms with Crippen molar-refractivity contribution in [3.05, 3.63) is 58.7 Å². The summed E-state index contributed by atoms with van der Waals surface area (Å²) in [6.07, 6.45) is 0. The van der Waals surface area contributed by atoms with Crippen LogP contribution in [0.25, 0.3) is 0 Å². The van der Waals surface area contributed by atoms with E-state index in [1.54, 1.807) is 0 Å². The fourth-order valence-electron chi connectivity index (χ4n) is 2.26. The van der Waals surface area contributed by atoms with Gasteiger partial charge in [0.25, 0.3) is 0 Å². The standard InChI is InChI=1S/C19H23ClO/c1-13-6-8-18(15(10-13)12-20)21-17-9-7-16(11-14(17)2)19(3,4)5/h6-11H,12H2,1-5H3. The van der Waals surface area contributed by atoms with Crippen molar-refractivity contribution >= 4 is 11.6 Å². The van der Waals surface area contributed by atoms with Gasteiger partial charge in [0.2, 0.25) is 0 Å². The van der Waals surface area contributed by atoms with Crippen LogP contribution in [0, 0.1) is 13.8 Å². The SMILES string of the molecule is Cc1ccc(Oc2ccc(C(C)(C)C)cc2C)c(CCl)c1. The molecule has 0 heterocycles. The van der Waals surface area contributed by atoms with Crippen molar-refractivity contribution in [1.29, 1.82) is 0 Å². The fraction of sp³-hybridized carbons (Fsp3) is 0.368. The second kappa shape index (κ2) is 6.11. The van der Waals surface area contributed by atoms with Gasteiger partial charge < -0.3 is 4.74 Å². The number of alkyl halides is 1. The third kappa shape index (κ3) is 3.79. The summed E-state index contributed by atoms with van der Waals surface area (Å²) in [5, 5.41) is 0. The van der Waals surface area contributed by atoms with Crippen molar-refractivity contribution in [1.82, 2.24) is 0 Å². The maximum absolute atomic E-state index is 6.07. The van der Waals surface area contributed by atoms with Crippen LogP contribution >= 0.6 is 11.6 Å². The van der Waals surface area contributed by atoms with E-state index >= 15 is 0 Å². The van der Waals surface area contributed by atoms with Gasteiger partial charge in [-0.15, -0.1) is 11.6 Å². The van der Waals surface area contributed by atoms with Crippen LogP contribution < -0.4 is 4.74 Å². The monoisotopic (exact) mass is 302 g/mol. The smallest absolute Gasteiger partial charge is 0.131 e. The largest absolute Gasteiger partial charge is 0.457 e. The maximum Gasteiger partial charge on any atom is 0.131 e. The first kappa shape index (κ1) is 15.9. The quantitative estimate of drug-likeness (QED) is 0.619. The van der Waals surface area contributed by atoms with E-state index in [1.165, 1.54) is 11.1 Å². The minimum Gasteiger partial charge on any atom is -0.457 e. The third-order valence-corrected chi connectivity index (χ3v) is 3.91. The molecule has 0 saturated carbocycles. The number of rotatable bonds is 3. The highest BCUT2D eigenvalue weighted by atomic mass is 35.5. The molecule has 2 heteroatoms. The maximum atomic E-state index is 6.07. The molecule has 2 rings (SSSR count). The van der Waals surface area contributed by atoms with Crippen molar-refractivity contribution in [3.63, 3.8) is 0 Å². The zero-order valence-corrected chi connectivity index (χ0v) is 14.2. The molecule has 0 aliphatic rings. The summed E-state index contributed by atoms with van der Waals surface area (Å²) in [5.74, 6) is 2.18. The summed E-state index contributed by atoms with van der Waals surface area (Å²) in [6.45, 7) is 10.8. The van der Waals surface area contributed by atoms with Crippen LogP contribution in [0.3, 0.4) is 0 Å². The van der Waals surface area contributed by atoms with Gasteiger partial charge in [0.15, 0.2) is 0 Å². The molecule has 1 nitrogen and oxygen atoms in total. The van der Waals surface area contributed by atoms with Crippen molar-refractivity contribution in [2.24, 2.45) is 0 Å². The average molecular weight is 303 g/mol.